The summed E-state index contributed by atoms with van der Waals surface area (Å²) in [6.07, 6.45) is 1.56. The smallest absolute Gasteiger partial charge is 0.321 e. The first kappa shape index (κ1) is 15.6. The Morgan fingerprint density at radius 1 is 1.48 bits per heavy atom. The van der Waals surface area contributed by atoms with Gasteiger partial charge in [-0.2, -0.15) is 0 Å². The summed E-state index contributed by atoms with van der Waals surface area (Å²) >= 11 is 5.66. The van der Waals surface area contributed by atoms with Gasteiger partial charge in [-0.1, -0.05) is 17.7 Å². The van der Waals surface area contributed by atoms with Gasteiger partial charge in [-0.15, -0.1) is 0 Å². The molecule has 114 valence electrons. The Labute approximate surface area is 126 Å². The summed E-state index contributed by atoms with van der Waals surface area (Å²) in [6, 6.07) is 3.93. The van der Waals surface area contributed by atoms with Crippen LogP contribution in [0.2, 0.25) is 5.02 Å². The molecule has 1 fully saturated rings. The van der Waals surface area contributed by atoms with Crippen molar-refractivity contribution in [3.63, 3.8) is 0 Å². The number of urea groups is 1. The van der Waals surface area contributed by atoms with Gasteiger partial charge in [0.1, 0.15) is 0 Å². The fourth-order valence-electron chi connectivity index (χ4n) is 2.46. The second kappa shape index (κ2) is 6.76. The van der Waals surface area contributed by atoms with Crippen molar-refractivity contribution in [1.82, 2.24) is 4.90 Å². The SMILES string of the molecule is O=C(O)CC1CCCN(C(=O)Nc2cccc(Cl)c2F)C1. The van der Waals surface area contributed by atoms with Crippen molar-refractivity contribution in [2.24, 2.45) is 5.92 Å². The molecule has 2 amide bonds. The lowest BCUT2D eigenvalue weighted by atomic mass is 9.95. The first-order valence-corrected chi connectivity index (χ1v) is 7.07. The molecule has 1 unspecified atom stereocenters. The van der Waals surface area contributed by atoms with E-state index in [-0.39, 0.29) is 23.0 Å². The van der Waals surface area contributed by atoms with Crippen molar-refractivity contribution >= 4 is 29.3 Å². The molecule has 1 aromatic carbocycles. The van der Waals surface area contributed by atoms with Gasteiger partial charge in [0.05, 0.1) is 10.7 Å². The number of carboxylic acid groups (broad SMARTS) is 1. The predicted molar refractivity (Wildman–Crippen MR) is 77.0 cm³/mol. The highest BCUT2D eigenvalue weighted by Gasteiger charge is 2.25. The van der Waals surface area contributed by atoms with Gasteiger partial charge in [0.15, 0.2) is 5.82 Å². The third kappa shape index (κ3) is 4.07. The summed E-state index contributed by atoms with van der Waals surface area (Å²) in [5, 5.41) is 11.2. The van der Waals surface area contributed by atoms with Crippen LogP contribution in [0.3, 0.4) is 0 Å². The minimum Gasteiger partial charge on any atom is -0.481 e. The second-order valence-electron chi connectivity index (χ2n) is 5.08. The zero-order valence-electron chi connectivity index (χ0n) is 11.3. The number of aliphatic carboxylic acids is 1. The number of halogens is 2. The molecule has 21 heavy (non-hydrogen) atoms. The van der Waals surface area contributed by atoms with Crippen molar-refractivity contribution < 1.29 is 19.1 Å². The molecule has 0 aromatic heterocycles. The molecule has 1 saturated heterocycles. The summed E-state index contributed by atoms with van der Waals surface area (Å²) in [6.45, 7) is 0.893. The Morgan fingerprint density at radius 2 is 2.24 bits per heavy atom. The molecule has 0 bridgehead atoms. The number of hydrogen-bond donors (Lipinski definition) is 2. The average molecular weight is 315 g/mol. The van der Waals surface area contributed by atoms with Crippen LogP contribution in [0.25, 0.3) is 0 Å². The highest BCUT2D eigenvalue weighted by atomic mass is 35.5. The average Bonchev–Trinajstić information content (AvgIpc) is 2.43. The molecule has 1 aliphatic heterocycles. The van der Waals surface area contributed by atoms with E-state index in [0.29, 0.717) is 13.1 Å². The molecule has 1 aromatic rings. The van der Waals surface area contributed by atoms with Crippen molar-refractivity contribution in [1.29, 1.82) is 0 Å². The van der Waals surface area contributed by atoms with Crippen LogP contribution in [0.4, 0.5) is 14.9 Å². The summed E-state index contributed by atoms with van der Waals surface area (Å²) < 4.78 is 13.7. The van der Waals surface area contributed by atoms with Crippen LogP contribution in [-0.4, -0.2) is 35.1 Å². The fourth-order valence-corrected chi connectivity index (χ4v) is 2.63. The zero-order valence-corrected chi connectivity index (χ0v) is 12.1. The predicted octanol–water partition coefficient (Wildman–Crippen LogP) is 3.20. The van der Waals surface area contributed by atoms with Crippen molar-refractivity contribution in [3.8, 4) is 0 Å². The molecule has 1 atom stereocenters. The summed E-state index contributed by atoms with van der Waals surface area (Å²) in [5.41, 5.74) is 0.0212. The monoisotopic (exact) mass is 314 g/mol. The summed E-state index contributed by atoms with van der Waals surface area (Å²) in [4.78, 5) is 24.4. The van der Waals surface area contributed by atoms with E-state index in [0.717, 1.165) is 12.8 Å². The van der Waals surface area contributed by atoms with Crippen molar-refractivity contribution in [3.05, 3.63) is 29.0 Å². The molecule has 0 radical (unpaired) electrons. The Balaban J connectivity index is 1.99. The first-order chi connectivity index (χ1) is 9.97. The third-order valence-electron chi connectivity index (χ3n) is 3.46. The lowest BCUT2D eigenvalue weighted by Gasteiger charge is -2.32. The number of anilines is 1. The number of rotatable bonds is 3. The van der Waals surface area contributed by atoms with E-state index < -0.39 is 17.8 Å². The standard InChI is InChI=1S/C14H16ClFN2O3/c15-10-4-1-5-11(13(10)16)17-14(21)18-6-2-3-9(8-18)7-12(19)20/h1,4-5,9H,2-3,6-8H2,(H,17,21)(H,19,20). The number of amides is 2. The molecule has 7 heteroatoms. The van der Waals surface area contributed by atoms with Crippen LogP contribution < -0.4 is 5.32 Å². The van der Waals surface area contributed by atoms with Gasteiger partial charge >= 0.3 is 12.0 Å². The maximum absolute atomic E-state index is 13.7. The molecule has 0 aliphatic carbocycles. The Bertz CT molecular complexity index is 553. The topological polar surface area (TPSA) is 69.6 Å². The van der Waals surface area contributed by atoms with Crippen molar-refractivity contribution in [2.75, 3.05) is 18.4 Å². The van der Waals surface area contributed by atoms with Gasteiger partial charge in [-0.05, 0) is 30.9 Å². The number of hydrogen-bond acceptors (Lipinski definition) is 2. The van der Waals surface area contributed by atoms with Crippen LogP contribution in [0, 0.1) is 11.7 Å². The van der Waals surface area contributed by atoms with Crippen molar-refractivity contribution in [2.45, 2.75) is 19.3 Å². The van der Waals surface area contributed by atoms with Gasteiger partial charge in [0.25, 0.3) is 0 Å². The summed E-state index contributed by atoms with van der Waals surface area (Å²) in [5.74, 6) is -1.61. The van der Waals surface area contributed by atoms with E-state index in [1.807, 2.05) is 0 Å². The third-order valence-corrected chi connectivity index (χ3v) is 3.75. The Kier molecular flexibility index (Phi) is 5.01. The first-order valence-electron chi connectivity index (χ1n) is 6.69. The Morgan fingerprint density at radius 3 is 2.95 bits per heavy atom. The maximum Gasteiger partial charge on any atom is 0.321 e. The molecule has 0 saturated carbocycles. The zero-order chi connectivity index (χ0) is 15.4. The van der Waals surface area contributed by atoms with Gasteiger partial charge in [-0.25, -0.2) is 9.18 Å². The lowest BCUT2D eigenvalue weighted by molar-refractivity contribution is -0.138. The molecule has 1 aliphatic rings. The fraction of sp³-hybridized carbons (Fsp3) is 0.429. The number of nitrogens with zero attached hydrogens (tertiary/aromatic N) is 1. The van der Waals surface area contributed by atoms with E-state index in [9.17, 15) is 14.0 Å². The maximum atomic E-state index is 13.7. The second-order valence-corrected chi connectivity index (χ2v) is 5.49. The molecular formula is C14H16ClFN2O3. The Hall–Kier alpha value is -1.82. The summed E-state index contributed by atoms with van der Waals surface area (Å²) in [7, 11) is 0. The number of carbonyl (C=O) groups is 2. The quantitative estimate of drug-likeness (QED) is 0.900. The van der Waals surface area contributed by atoms with E-state index in [2.05, 4.69) is 5.32 Å². The minimum absolute atomic E-state index is 0.0212. The van der Waals surface area contributed by atoms with E-state index in [1.165, 1.54) is 17.0 Å². The number of carbonyl (C=O) groups excluding carboxylic acids is 1. The van der Waals surface area contributed by atoms with Gasteiger partial charge < -0.3 is 15.3 Å². The molecule has 2 rings (SSSR count). The van der Waals surface area contributed by atoms with E-state index in [4.69, 9.17) is 16.7 Å². The van der Waals surface area contributed by atoms with Gasteiger partial charge in [0, 0.05) is 19.5 Å². The molecule has 5 nitrogen and oxygen atoms in total. The molecule has 1 heterocycles. The van der Waals surface area contributed by atoms with E-state index >= 15 is 0 Å². The van der Waals surface area contributed by atoms with Gasteiger partial charge in [0.2, 0.25) is 0 Å². The van der Waals surface area contributed by atoms with Crippen LogP contribution in [0.1, 0.15) is 19.3 Å². The van der Waals surface area contributed by atoms with Gasteiger partial charge in [-0.3, -0.25) is 4.79 Å². The van der Waals surface area contributed by atoms with Crippen LogP contribution >= 0.6 is 11.6 Å². The molecule has 2 N–H and O–H groups in total. The largest absolute Gasteiger partial charge is 0.481 e. The molecule has 0 spiro atoms. The number of piperidine rings is 1. The van der Waals surface area contributed by atoms with E-state index in [1.54, 1.807) is 6.07 Å². The van der Waals surface area contributed by atoms with Crippen LogP contribution in [-0.2, 0) is 4.79 Å². The number of carboxylic acids is 1. The number of nitrogens with one attached hydrogen (secondary N) is 1. The number of likely N-dealkylation sites (tertiary alicyclic amines) is 1. The highest BCUT2D eigenvalue weighted by molar-refractivity contribution is 6.31. The minimum atomic E-state index is -0.872. The molecular weight excluding hydrogens is 299 g/mol. The van der Waals surface area contributed by atoms with Crippen LogP contribution in [0.5, 0.6) is 0 Å². The van der Waals surface area contributed by atoms with Crippen LogP contribution in [0.15, 0.2) is 18.2 Å². The highest BCUT2D eigenvalue weighted by Crippen LogP contribution is 2.24. The number of benzene rings is 1. The normalized spacial score (nSPS) is 18.4. The lowest BCUT2D eigenvalue weighted by Crippen LogP contribution is -2.42.